The summed E-state index contributed by atoms with van der Waals surface area (Å²) in [5.41, 5.74) is 2.64. The van der Waals surface area contributed by atoms with Crippen molar-refractivity contribution in [1.29, 1.82) is 0 Å². The number of sulfonamides is 1. The highest BCUT2D eigenvalue weighted by molar-refractivity contribution is 7.88. The number of nitrogens with zero attached hydrogens (tertiary/aromatic N) is 5. The van der Waals surface area contributed by atoms with E-state index in [1.165, 1.54) is 10.6 Å². The Bertz CT molecular complexity index is 799. The van der Waals surface area contributed by atoms with E-state index >= 15 is 0 Å². The van der Waals surface area contributed by atoms with Gasteiger partial charge in [0.25, 0.3) is 0 Å². The molecular formula is C14H19N5O2S. The average Bonchev–Trinajstić information content (AvgIpc) is 3.05. The molecule has 1 saturated heterocycles. The second-order valence-electron chi connectivity index (χ2n) is 5.67. The number of hydrogen-bond acceptors (Lipinski definition) is 5. The maximum atomic E-state index is 11.7. The van der Waals surface area contributed by atoms with Crippen LogP contribution < -0.4 is 0 Å². The molecule has 0 unspecified atom stereocenters. The predicted molar refractivity (Wildman–Crippen MR) is 82.7 cm³/mol. The van der Waals surface area contributed by atoms with Crippen molar-refractivity contribution in [2.75, 3.05) is 19.3 Å². The van der Waals surface area contributed by atoms with Gasteiger partial charge in [-0.25, -0.2) is 22.7 Å². The lowest BCUT2D eigenvalue weighted by atomic mass is 10.0. The maximum absolute atomic E-state index is 11.7. The van der Waals surface area contributed by atoms with Gasteiger partial charge in [0, 0.05) is 37.9 Å². The molecule has 3 heterocycles. The molecule has 0 bridgehead atoms. The van der Waals surface area contributed by atoms with E-state index in [0.29, 0.717) is 18.9 Å². The van der Waals surface area contributed by atoms with Crippen LogP contribution in [0.3, 0.4) is 0 Å². The second-order valence-corrected chi connectivity index (χ2v) is 7.65. The molecule has 118 valence electrons. The molecule has 8 heteroatoms. The van der Waals surface area contributed by atoms with Crippen LogP contribution in [0.4, 0.5) is 0 Å². The normalized spacial score (nSPS) is 19.7. The molecule has 0 saturated carbocycles. The molecule has 7 nitrogen and oxygen atoms in total. The monoisotopic (exact) mass is 321 g/mol. The molecule has 0 aliphatic carbocycles. The molecule has 0 aromatic carbocycles. The van der Waals surface area contributed by atoms with Crippen molar-refractivity contribution in [2.24, 2.45) is 7.05 Å². The topological polar surface area (TPSA) is 81.0 Å². The highest BCUT2D eigenvalue weighted by Gasteiger charge is 2.30. The quantitative estimate of drug-likeness (QED) is 0.840. The molecule has 1 aliphatic heterocycles. The minimum atomic E-state index is -3.14. The number of aryl methyl sites for hydroxylation is 2. The zero-order chi connectivity index (χ0) is 15.9. The summed E-state index contributed by atoms with van der Waals surface area (Å²) in [6, 6.07) is 3.85. The van der Waals surface area contributed by atoms with Crippen LogP contribution in [0.25, 0.3) is 11.4 Å². The van der Waals surface area contributed by atoms with Crippen LogP contribution in [0, 0.1) is 6.92 Å². The van der Waals surface area contributed by atoms with Crippen molar-refractivity contribution >= 4 is 10.0 Å². The summed E-state index contributed by atoms with van der Waals surface area (Å²) in [5, 5.41) is 4.16. The van der Waals surface area contributed by atoms with Gasteiger partial charge in [0.15, 0.2) is 0 Å². The summed E-state index contributed by atoms with van der Waals surface area (Å²) in [4.78, 5) is 8.98. The van der Waals surface area contributed by atoms with E-state index in [4.69, 9.17) is 0 Å². The Kier molecular flexibility index (Phi) is 3.73. The third-order valence-electron chi connectivity index (χ3n) is 3.98. The van der Waals surface area contributed by atoms with Crippen molar-refractivity contribution in [1.82, 2.24) is 24.1 Å². The second kappa shape index (κ2) is 5.44. The molecule has 0 amide bonds. The lowest BCUT2D eigenvalue weighted by Gasteiger charge is -2.14. The van der Waals surface area contributed by atoms with Crippen LogP contribution in [-0.2, 0) is 17.1 Å². The van der Waals surface area contributed by atoms with Gasteiger partial charge in [-0.15, -0.1) is 0 Å². The Hall–Kier alpha value is -1.80. The molecule has 0 radical (unpaired) electrons. The lowest BCUT2D eigenvalue weighted by Crippen LogP contribution is -2.27. The summed E-state index contributed by atoms with van der Waals surface area (Å²) in [6.45, 7) is 2.89. The van der Waals surface area contributed by atoms with Gasteiger partial charge in [-0.1, -0.05) is 0 Å². The Labute approximate surface area is 130 Å². The Morgan fingerprint density at radius 3 is 2.68 bits per heavy atom. The minimum Gasteiger partial charge on any atom is -0.266 e. The molecule has 0 N–H and O–H groups in total. The van der Waals surface area contributed by atoms with Crippen molar-refractivity contribution in [2.45, 2.75) is 19.3 Å². The van der Waals surface area contributed by atoms with Gasteiger partial charge in [0.05, 0.1) is 17.6 Å². The van der Waals surface area contributed by atoms with E-state index in [1.54, 1.807) is 10.9 Å². The Morgan fingerprint density at radius 2 is 2.09 bits per heavy atom. The summed E-state index contributed by atoms with van der Waals surface area (Å²) in [5.74, 6) is 0.801. The van der Waals surface area contributed by atoms with Crippen molar-refractivity contribution < 1.29 is 8.42 Å². The molecule has 1 atom stereocenters. The zero-order valence-corrected chi connectivity index (χ0v) is 13.7. The Morgan fingerprint density at radius 1 is 1.32 bits per heavy atom. The molecular weight excluding hydrogens is 302 g/mol. The number of hydrogen-bond donors (Lipinski definition) is 0. The summed E-state index contributed by atoms with van der Waals surface area (Å²) in [7, 11) is -1.27. The zero-order valence-electron chi connectivity index (χ0n) is 12.9. The first-order valence-electron chi connectivity index (χ1n) is 7.13. The van der Waals surface area contributed by atoms with Crippen molar-refractivity contribution in [3.8, 4) is 11.4 Å². The van der Waals surface area contributed by atoms with Crippen LogP contribution in [-0.4, -0.2) is 51.8 Å². The first-order valence-corrected chi connectivity index (χ1v) is 8.98. The van der Waals surface area contributed by atoms with Gasteiger partial charge in [-0.2, -0.15) is 5.10 Å². The third kappa shape index (κ3) is 2.89. The van der Waals surface area contributed by atoms with Crippen LogP contribution >= 0.6 is 0 Å². The van der Waals surface area contributed by atoms with Gasteiger partial charge in [-0.3, -0.25) is 4.68 Å². The van der Waals surface area contributed by atoms with Crippen LogP contribution in [0.5, 0.6) is 0 Å². The maximum Gasteiger partial charge on any atom is 0.211 e. The molecule has 1 fully saturated rings. The van der Waals surface area contributed by atoms with Crippen LogP contribution in [0.15, 0.2) is 18.3 Å². The van der Waals surface area contributed by atoms with E-state index in [1.807, 2.05) is 26.1 Å². The van der Waals surface area contributed by atoms with Crippen LogP contribution in [0.1, 0.15) is 23.9 Å². The summed E-state index contributed by atoms with van der Waals surface area (Å²) in [6.07, 6.45) is 3.77. The first-order chi connectivity index (χ1) is 10.3. The summed E-state index contributed by atoms with van der Waals surface area (Å²) < 4.78 is 26.6. The number of aromatic nitrogens is 4. The average molecular weight is 321 g/mol. The lowest BCUT2D eigenvalue weighted by molar-refractivity contribution is 0.477. The fourth-order valence-corrected chi connectivity index (χ4v) is 3.71. The van der Waals surface area contributed by atoms with E-state index in [0.717, 1.165) is 23.5 Å². The van der Waals surface area contributed by atoms with Gasteiger partial charge in [-0.05, 0) is 25.5 Å². The first kappa shape index (κ1) is 15.1. The highest BCUT2D eigenvalue weighted by atomic mass is 32.2. The highest BCUT2D eigenvalue weighted by Crippen LogP contribution is 2.29. The van der Waals surface area contributed by atoms with Gasteiger partial charge in [0.1, 0.15) is 5.82 Å². The fourth-order valence-electron chi connectivity index (χ4n) is 2.83. The minimum absolute atomic E-state index is 0.114. The van der Waals surface area contributed by atoms with Gasteiger partial charge < -0.3 is 0 Å². The molecule has 3 rings (SSSR count). The predicted octanol–water partition coefficient (Wildman–Crippen LogP) is 0.934. The summed E-state index contributed by atoms with van der Waals surface area (Å²) >= 11 is 0. The van der Waals surface area contributed by atoms with E-state index in [-0.39, 0.29) is 5.92 Å². The molecule has 0 spiro atoms. The largest absolute Gasteiger partial charge is 0.266 e. The Balaban J connectivity index is 1.93. The fraction of sp³-hybridized carbons (Fsp3) is 0.500. The number of rotatable bonds is 3. The van der Waals surface area contributed by atoms with Crippen molar-refractivity contribution in [3.05, 3.63) is 29.8 Å². The standard InChI is InChI=1S/C14H19N5O2S/c1-10-16-12(11-5-7-19(9-11)22(3,20)21)8-13(17-10)14-4-6-15-18(14)2/h4,6,8,11H,5,7,9H2,1-3H3/t11-/m1/s1. The van der Waals surface area contributed by atoms with E-state index < -0.39 is 10.0 Å². The van der Waals surface area contributed by atoms with Crippen LogP contribution in [0.2, 0.25) is 0 Å². The van der Waals surface area contributed by atoms with Crippen molar-refractivity contribution in [3.63, 3.8) is 0 Å². The molecule has 1 aliphatic rings. The molecule has 22 heavy (non-hydrogen) atoms. The molecule has 2 aromatic heterocycles. The van der Waals surface area contributed by atoms with Gasteiger partial charge in [0.2, 0.25) is 10.0 Å². The van der Waals surface area contributed by atoms with E-state index in [9.17, 15) is 8.42 Å². The SMILES string of the molecule is Cc1nc(-c2ccnn2C)cc([C@@H]2CCN(S(C)(=O)=O)C2)n1. The smallest absolute Gasteiger partial charge is 0.211 e. The van der Waals surface area contributed by atoms with E-state index in [2.05, 4.69) is 15.1 Å². The van der Waals surface area contributed by atoms with Gasteiger partial charge >= 0.3 is 0 Å². The molecule has 2 aromatic rings. The third-order valence-corrected chi connectivity index (χ3v) is 5.25.